The largest absolute Gasteiger partial charge is 0.303 e. The normalized spacial score (nSPS) is 34.3. The van der Waals surface area contributed by atoms with Crippen LogP contribution in [-0.4, -0.2) is 24.5 Å². The SMILES string of the molecule is c1ccc(CC23CCN(CC2)CC3)cc1. The number of hydrogen-bond acceptors (Lipinski definition) is 1. The molecule has 0 radical (unpaired) electrons. The Bertz CT molecular complexity index is 309. The first-order chi connectivity index (χ1) is 7.36. The summed E-state index contributed by atoms with van der Waals surface area (Å²) in [6.07, 6.45) is 5.56. The minimum absolute atomic E-state index is 0.649. The van der Waals surface area contributed by atoms with Gasteiger partial charge in [0.25, 0.3) is 0 Å². The average molecular weight is 201 g/mol. The van der Waals surface area contributed by atoms with Crippen molar-refractivity contribution in [3.63, 3.8) is 0 Å². The van der Waals surface area contributed by atoms with Gasteiger partial charge < -0.3 is 4.90 Å². The van der Waals surface area contributed by atoms with Gasteiger partial charge >= 0.3 is 0 Å². The number of hydrogen-bond donors (Lipinski definition) is 0. The van der Waals surface area contributed by atoms with Crippen LogP contribution in [0, 0.1) is 5.41 Å². The Balaban J connectivity index is 1.76. The highest BCUT2D eigenvalue weighted by Gasteiger charge is 2.38. The second-order valence-corrected chi connectivity index (χ2v) is 5.25. The highest BCUT2D eigenvalue weighted by molar-refractivity contribution is 5.17. The standard InChI is InChI=1S/C14H19N/c1-2-4-13(5-3-1)12-14-6-9-15(10-7-14)11-8-14/h1-5H,6-12H2. The molecule has 3 saturated heterocycles. The number of fused-ring (bicyclic) bond motifs is 3. The molecule has 0 spiro atoms. The molecule has 3 fully saturated rings. The molecule has 3 heterocycles. The van der Waals surface area contributed by atoms with Crippen LogP contribution in [0.4, 0.5) is 0 Å². The highest BCUT2D eigenvalue weighted by Crippen LogP contribution is 2.42. The van der Waals surface area contributed by atoms with Crippen molar-refractivity contribution >= 4 is 0 Å². The van der Waals surface area contributed by atoms with Crippen molar-refractivity contribution in [2.75, 3.05) is 19.6 Å². The van der Waals surface area contributed by atoms with E-state index in [2.05, 4.69) is 35.2 Å². The van der Waals surface area contributed by atoms with Gasteiger partial charge in [0.15, 0.2) is 0 Å². The predicted molar refractivity (Wildman–Crippen MR) is 62.9 cm³/mol. The van der Waals surface area contributed by atoms with E-state index >= 15 is 0 Å². The topological polar surface area (TPSA) is 3.24 Å². The molecule has 2 bridgehead atoms. The van der Waals surface area contributed by atoms with Gasteiger partial charge in [0.1, 0.15) is 0 Å². The Hall–Kier alpha value is -0.820. The van der Waals surface area contributed by atoms with Crippen molar-refractivity contribution < 1.29 is 0 Å². The summed E-state index contributed by atoms with van der Waals surface area (Å²) in [7, 11) is 0. The molecule has 0 aromatic heterocycles. The van der Waals surface area contributed by atoms with E-state index < -0.39 is 0 Å². The molecule has 0 aliphatic carbocycles. The maximum atomic E-state index is 2.62. The van der Waals surface area contributed by atoms with Crippen LogP contribution in [0.25, 0.3) is 0 Å². The van der Waals surface area contributed by atoms with Crippen LogP contribution in [-0.2, 0) is 6.42 Å². The average Bonchev–Trinajstić information content (AvgIpc) is 2.32. The van der Waals surface area contributed by atoms with Gasteiger partial charge in [0.2, 0.25) is 0 Å². The smallest absolute Gasteiger partial charge is 0.00133 e. The van der Waals surface area contributed by atoms with E-state index in [0.717, 1.165) is 0 Å². The molecule has 0 amide bonds. The molecule has 0 saturated carbocycles. The van der Waals surface area contributed by atoms with Crippen molar-refractivity contribution in [1.82, 2.24) is 4.90 Å². The molecule has 80 valence electrons. The molecular formula is C14H19N. The summed E-state index contributed by atoms with van der Waals surface area (Å²) < 4.78 is 0. The molecule has 15 heavy (non-hydrogen) atoms. The first-order valence-electron chi connectivity index (χ1n) is 6.13. The quantitative estimate of drug-likeness (QED) is 0.711. The minimum Gasteiger partial charge on any atom is -0.303 e. The van der Waals surface area contributed by atoms with Gasteiger partial charge in [0, 0.05) is 0 Å². The first kappa shape index (κ1) is 9.41. The van der Waals surface area contributed by atoms with Crippen LogP contribution in [0.3, 0.4) is 0 Å². The zero-order valence-electron chi connectivity index (χ0n) is 9.28. The van der Waals surface area contributed by atoms with Gasteiger partial charge in [-0.1, -0.05) is 30.3 Å². The highest BCUT2D eigenvalue weighted by atomic mass is 15.1. The van der Waals surface area contributed by atoms with Gasteiger partial charge in [-0.05, 0) is 56.3 Å². The molecule has 4 rings (SSSR count). The first-order valence-corrected chi connectivity index (χ1v) is 6.13. The summed E-state index contributed by atoms with van der Waals surface area (Å²) in [5, 5.41) is 0. The van der Waals surface area contributed by atoms with E-state index in [1.165, 1.54) is 50.9 Å². The second-order valence-electron chi connectivity index (χ2n) is 5.25. The lowest BCUT2D eigenvalue weighted by atomic mass is 9.68. The summed E-state index contributed by atoms with van der Waals surface area (Å²) in [6, 6.07) is 11.0. The van der Waals surface area contributed by atoms with Crippen LogP contribution >= 0.6 is 0 Å². The lowest BCUT2D eigenvalue weighted by Crippen LogP contribution is -2.49. The molecule has 0 atom stereocenters. The van der Waals surface area contributed by atoms with Gasteiger partial charge in [-0.15, -0.1) is 0 Å². The maximum Gasteiger partial charge on any atom is -0.00133 e. The molecule has 1 aromatic carbocycles. The molecule has 1 heteroatoms. The summed E-state index contributed by atoms with van der Waals surface area (Å²) >= 11 is 0. The number of benzene rings is 1. The van der Waals surface area contributed by atoms with E-state index in [1.807, 2.05) is 0 Å². The summed E-state index contributed by atoms with van der Waals surface area (Å²) in [5.41, 5.74) is 2.18. The monoisotopic (exact) mass is 201 g/mol. The van der Waals surface area contributed by atoms with Crippen molar-refractivity contribution in [3.05, 3.63) is 35.9 Å². The maximum absolute atomic E-state index is 2.62. The van der Waals surface area contributed by atoms with Gasteiger partial charge in [-0.2, -0.15) is 0 Å². The van der Waals surface area contributed by atoms with E-state index in [0.29, 0.717) is 5.41 Å². The van der Waals surface area contributed by atoms with Crippen LogP contribution in [0.15, 0.2) is 30.3 Å². The Kier molecular flexibility index (Phi) is 2.28. The summed E-state index contributed by atoms with van der Waals surface area (Å²) in [5.74, 6) is 0. The molecular weight excluding hydrogens is 182 g/mol. The van der Waals surface area contributed by atoms with Crippen LogP contribution < -0.4 is 0 Å². The van der Waals surface area contributed by atoms with E-state index in [4.69, 9.17) is 0 Å². The lowest BCUT2D eigenvalue weighted by Gasteiger charge is -2.48. The van der Waals surface area contributed by atoms with E-state index in [-0.39, 0.29) is 0 Å². The number of piperidine rings is 3. The van der Waals surface area contributed by atoms with E-state index in [9.17, 15) is 0 Å². The Morgan fingerprint density at radius 1 is 0.933 bits per heavy atom. The fourth-order valence-electron chi connectivity index (χ4n) is 3.19. The Labute approximate surface area is 92.1 Å². The molecule has 1 nitrogen and oxygen atoms in total. The molecule has 0 N–H and O–H groups in total. The van der Waals surface area contributed by atoms with Crippen molar-refractivity contribution in [1.29, 1.82) is 0 Å². The third kappa shape index (κ3) is 1.81. The van der Waals surface area contributed by atoms with Gasteiger partial charge in [-0.3, -0.25) is 0 Å². The van der Waals surface area contributed by atoms with Crippen molar-refractivity contribution in [3.8, 4) is 0 Å². The fourth-order valence-corrected chi connectivity index (χ4v) is 3.19. The molecule has 0 unspecified atom stereocenters. The molecule has 1 aromatic rings. The van der Waals surface area contributed by atoms with Crippen molar-refractivity contribution in [2.45, 2.75) is 25.7 Å². The lowest BCUT2D eigenvalue weighted by molar-refractivity contribution is 0.0266. The number of rotatable bonds is 2. The molecule has 3 aliphatic rings. The van der Waals surface area contributed by atoms with Gasteiger partial charge in [-0.25, -0.2) is 0 Å². The van der Waals surface area contributed by atoms with Gasteiger partial charge in [0.05, 0.1) is 0 Å². The fraction of sp³-hybridized carbons (Fsp3) is 0.571. The zero-order valence-corrected chi connectivity index (χ0v) is 9.28. The third-order valence-corrected chi connectivity index (χ3v) is 4.30. The second kappa shape index (κ2) is 3.64. The molecule has 3 aliphatic heterocycles. The van der Waals surface area contributed by atoms with Crippen LogP contribution in [0.2, 0.25) is 0 Å². The third-order valence-electron chi connectivity index (χ3n) is 4.30. The minimum atomic E-state index is 0.649. The summed E-state index contributed by atoms with van der Waals surface area (Å²) in [4.78, 5) is 2.62. The van der Waals surface area contributed by atoms with Crippen LogP contribution in [0.5, 0.6) is 0 Å². The Morgan fingerprint density at radius 2 is 1.53 bits per heavy atom. The predicted octanol–water partition coefficient (Wildman–Crippen LogP) is 2.72. The zero-order chi connectivity index (χ0) is 10.1. The van der Waals surface area contributed by atoms with Crippen molar-refractivity contribution in [2.24, 2.45) is 5.41 Å². The van der Waals surface area contributed by atoms with E-state index in [1.54, 1.807) is 0 Å². The number of nitrogens with zero attached hydrogens (tertiary/aromatic N) is 1. The Morgan fingerprint density at radius 3 is 2.13 bits per heavy atom. The van der Waals surface area contributed by atoms with Crippen LogP contribution in [0.1, 0.15) is 24.8 Å². The summed E-state index contributed by atoms with van der Waals surface area (Å²) in [6.45, 7) is 4.02.